The molecule has 0 saturated carbocycles. The predicted octanol–water partition coefficient (Wildman–Crippen LogP) is 1.71. The number of esters is 1. The summed E-state index contributed by atoms with van der Waals surface area (Å²) in [5.74, 6) is -0.410. The highest BCUT2D eigenvalue weighted by molar-refractivity contribution is 6.62. The molecule has 0 fully saturated rings. The van der Waals surface area contributed by atoms with Crippen LogP contribution in [0, 0.1) is 0 Å². The molecular formula is C12H18O5Si. The summed E-state index contributed by atoms with van der Waals surface area (Å²) in [6.07, 6.45) is 0. The second-order valence-corrected chi connectivity index (χ2v) is 6.57. The van der Waals surface area contributed by atoms with Crippen molar-refractivity contribution in [2.45, 2.75) is 12.7 Å². The molecule has 6 heteroatoms. The first kappa shape index (κ1) is 14.8. The van der Waals surface area contributed by atoms with Gasteiger partial charge in [0.05, 0.1) is 0 Å². The third kappa shape index (κ3) is 3.17. The van der Waals surface area contributed by atoms with Gasteiger partial charge in [-0.3, -0.25) is 4.79 Å². The Bertz CT molecular complexity index is 369. The Balaban J connectivity index is 3.15. The highest BCUT2D eigenvalue weighted by Crippen LogP contribution is 2.30. The van der Waals surface area contributed by atoms with Crippen molar-refractivity contribution >= 4 is 14.8 Å². The fourth-order valence-electron chi connectivity index (χ4n) is 1.71. The Morgan fingerprint density at radius 1 is 1.06 bits per heavy atom. The normalized spacial score (nSPS) is 13.1. The van der Waals surface area contributed by atoms with Gasteiger partial charge in [-0.05, 0) is 5.56 Å². The quantitative estimate of drug-likeness (QED) is 0.582. The summed E-state index contributed by atoms with van der Waals surface area (Å²) < 4.78 is 21.4. The fraction of sp³-hybridized carbons (Fsp3) is 0.417. The van der Waals surface area contributed by atoms with E-state index in [0.717, 1.165) is 5.56 Å². The van der Waals surface area contributed by atoms with E-state index in [4.69, 9.17) is 18.0 Å². The lowest BCUT2D eigenvalue weighted by Gasteiger charge is -2.31. The average Bonchev–Trinajstić information content (AvgIpc) is 2.40. The van der Waals surface area contributed by atoms with Crippen LogP contribution in [-0.2, 0) is 22.8 Å². The molecule has 0 aromatic heterocycles. The van der Waals surface area contributed by atoms with Gasteiger partial charge in [0.25, 0.3) is 0 Å². The van der Waals surface area contributed by atoms with Crippen LogP contribution in [0.5, 0.6) is 0 Å². The standard InChI is InChI=1S/C12H18O5Si/c1-10(13)17-12(11-8-6-5-7-9-11)18(14-2,15-3)16-4/h5-9,12H,1-4H3. The Labute approximate surface area is 108 Å². The van der Waals surface area contributed by atoms with Crippen LogP contribution in [0.1, 0.15) is 18.2 Å². The predicted molar refractivity (Wildman–Crippen MR) is 67.7 cm³/mol. The maximum absolute atomic E-state index is 11.3. The number of ether oxygens (including phenoxy) is 1. The molecule has 5 nitrogen and oxygen atoms in total. The van der Waals surface area contributed by atoms with E-state index >= 15 is 0 Å². The van der Waals surface area contributed by atoms with Crippen LogP contribution in [-0.4, -0.2) is 36.1 Å². The van der Waals surface area contributed by atoms with Crippen molar-refractivity contribution in [1.82, 2.24) is 0 Å². The number of hydrogen-bond acceptors (Lipinski definition) is 5. The van der Waals surface area contributed by atoms with Crippen LogP contribution < -0.4 is 0 Å². The van der Waals surface area contributed by atoms with Crippen molar-refractivity contribution in [3.05, 3.63) is 35.9 Å². The summed E-state index contributed by atoms with van der Waals surface area (Å²) in [6.45, 7) is 1.34. The molecular weight excluding hydrogens is 252 g/mol. The van der Waals surface area contributed by atoms with Gasteiger partial charge in [-0.15, -0.1) is 0 Å². The zero-order chi connectivity index (χ0) is 13.6. The molecule has 0 bridgehead atoms. The molecule has 1 aromatic rings. The molecule has 0 spiro atoms. The second-order valence-electron chi connectivity index (χ2n) is 3.62. The van der Waals surface area contributed by atoms with E-state index in [2.05, 4.69) is 0 Å². The fourth-order valence-corrected chi connectivity index (χ4v) is 3.76. The molecule has 0 heterocycles. The number of carbonyl (C=O) groups excluding carboxylic acids is 1. The van der Waals surface area contributed by atoms with Gasteiger partial charge in [0.1, 0.15) is 0 Å². The van der Waals surface area contributed by atoms with Crippen LogP contribution in [0.25, 0.3) is 0 Å². The summed E-state index contributed by atoms with van der Waals surface area (Å²) in [4.78, 5) is 11.3. The van der Waals surface area contributed by atoms with E-state index in [1.54, 1.807) is 0 Å². The number of rotatable bonds is 6. The maximum atomic E-state index is 11.3. The van der Waals surface area contributed by atoms with Gasteiger partial charge in [0.15, 0.2) is 5.73 Å². The summed E-state index contributed by atoms with van der Waals surface area (Å²) >= 11 is 0. The molecule has 0 radical (unpaired) electrons. The molecule has 0 aliphatic heterocycles. The summed E-state index contributed by atoms with van der Waals surface area (Å²) in [7, 11) is 1.36. The molecule has 1 rings (SSSR count). The van der Waals surface area contributed by atoms with Crippen LogP contribution in [0.3, 0.4) is 0 Å². The van der Waals surface area contributed by atoms with E-state index in [1.807, 2.05) is 30.3 Å². The van der Waals surface area contributed by atoms with Gasteiger partial charge in [0.2, 0.25) is 0 Å². The van der Waals surface area contributed by atoms with E-state index in [-0.39, 0.29) is 0 Å². The average molecular weight is 270 g/mol. The van der Waals surface area contributed by atoms with E-state index in [9.17, 15) is 4.79 Å². The van der Waals surface area contributed by atoms with Gasteiger partial charge < -0.3 is 18.0 Å². The topological polar surface area (TPSA) is 54.0 Å². The number of benzene rings is 1. The first-order valence-electron chi connectivity index (χ1n) is 5.47. The molecule has 0 aliphatic carbocycles. The highest BCUT2D eigenvalue weighted by Gasteiger charge is 2.51. The molecule has 1 aromatic carbocycles. The minimum absolute atomic E-state index is 0.410. The number of hydrogen-bond donors (Lipinski definition) is 0. The highest BCUT2D eigenvalue weighted by atomic mass is 28.4. The van der Waals surface area contributed by atoms with Crippen molar-refractivity contribution in [3.63, 3.8) is 0 Å². The van der Waals surface area contributed by atoms with Crippen LogP contribution in [0.4, 0.5) is 0 Å². The monoisotopic (exact) mass is 270 g/mol. The van der Waals surface area contributed by atoms with Gasteiger partial charge in [-0.1, -0.05) is 30.3 Å². The molecule has 100 valence electrons. The number of carbonyl (C=O) groups is 1. The minimum Gasteiger partial charge on any atom is -0.453 e. The molecule has 1 atom stereocenters. The van der Waals surface area contributed by atoms with E-state index in [1.165, 1.54) is 28.3 Å². The Morgan fingerprint density at radius 3 is 1.94 bits per heavy atom. The van der Waals surface area contributed by atoms with Crippen molar-refractivity contribution in [2.24, 2.45) is 0 Å². The summed E-state index contributed by atoms with van der Waals surface area (Å²) in [6, 6.07) is 9.26. The van der Waals surface area contributed by atoms with E-state index < -0.39 is 20.5 Å². The van der Waals surface area contributed by atoms with Crippen molar-refractivity contribution in [3.8, 4) is 0 Å². The van der Waals surface area contributed by atoms with Crippen LogP contribution in [0.2, 0.25) is 0 Å². The lowest BCUT2D eigenvalue weighted by Crippen LogP contribution is -2.50. The molecule has 0 N–H and O–H groups in total. The lowest BCUT2D eigenvalue weighted by molar-refractivity contribution is -0.146. The smallest absolute Gasteiger partial charge is 0.453 e. The summed E-state index contributed by atoms with van der Waals surface area (Å²) in [5.41, 5.74) is 0.112. The Morgan fingerprint density at radius 2 is 1.56 bits per heavy atom. The molecule has 0 aliphatic rings. The van der Waals surface area contributed by atoms with Crippen LogP contribution in [0.15, 0.2) is 30.3 Å². The van der Waals surface area contributed by atoms with Crippen molar-refractivity contribution < 1.29 is 22.8 Å². The molecule has 0 saturated heterocycles. The van der Waals surface area contributed by atoms with E-state index in [0.29, 0.717) is 0 Å². The zero-order valence-corrected chi connectivity index (χ0v) is 12.0. The van der Waals surface area contributed by atoms with Gasteiger partial charge in [-0.25, -0.2) is 0 Å². The molecule has 0 amide bonds. The first-order chi connectivity index (χ1) is 8.59. The van der Waals surface area contributed by atoms with Gasteiger partial charge in [0, 0.05) is 28.3 Å². The van der Waals surface area contributed by atoms with Crippen molar-refractivity contribution in [1.29, 1.82) is 0 Å². The van der Waals surface area contributed by atoms with Gasteiger partial charge in [-0.2, -0.15) is 0 Å². The van der Waals surface area contributed by atoms with Crippen LogP contribution >= 0.6 is 0 Å². The largest absolute Gasteiger partial charge is 0.548 e. The Hall–Kier alpha value is -1.21. The Kier molecular flexibility index (Phi) is 5.48. The third-order valence-electron chi connectivity index (χ3n) is 2.56. The summed E-state index contributed by atoms with van der Waals surface area (Å²) in [5, 5.41) is 0. The third-order valence-corrected chi connectivity index (χ3v) is 5.36. The molecule has 1 unspecified atom stereocenters. The van der Waals surface area contributed by atoms with Crippen molar-refractivity contribution in [2.75, 3.05) is 21.3 Å². The first-order valence-corrected chi connectivity index (χ1v) is 7.27. The zero-order valence-electron chi connectivity index (χ0n) is 11.0. The lowest BCUT2D eigenvalue weighted by atomic mass is 10.2. The molecule has 18 heavy (non-hydrogen) atoms. The SMILES string of the molecule is CO[Si](OC)(OC)C(OC(C)=O)c1ccccc1. The van der Waals surface area contributed by atoms with Gasteiger partial charge >= 0.3 is 14.8 Å². The maximum Gasteiger partial charge on any atom is 0.548 e. The minimum atomic E-state index is -3.09. The second kappa shape index (κ2) is 6.65.